The molecular weight excluding hydrogens is 318 g/mol. The summed E-state index contributed by atoms with van der Waals surface area (Å²) in [7, 11) is 2.10. The number of carbonyl (C=O) groups is 1. The Morgan fingerprint density at radius 3 is 3.12 bits per heavy atom. The standard InChI is InChI=1S/C20H21NO4/c1-3-4-17(23)24-15-6-5-13-12-21(2)10-9-20-8-7-14(22)11-16(20)25-19(15)18(13)20/h5-8,14,16,22H,9-12H2,1-2H3/t14-,16-,20-/m0/s1. The van der Waals surface area contributed by atoms with Gasteiger partial charge in [-0.1, -0.05) is 24.1 Å². The van der Waals surface area contributed by atoms with Crippen LogP contribution in [0, 0.1) is 11.8 Å². The van der Waals surface area contributed by atoms with Gasteiger partial charge in [0.25, 0.3) is 0 Å². The maximum atomic E-state index is 11.8. The lowest BCUT2D eigenvalue weighted by Crippen LogP contribution is -2.42. The van der Waals surface area contributed by atoms with Crippen molar-refractivity contribution in [2.45, 2.75) is 43.9 Å². The highest BCUT2D eigenvalue weighted by atomic mass is 16.6. The van der Waals surface area contributed by atoms with Gasteiger partial charge in [0, 0.05) is 24.4 Å². The molecule has 0 amide bonds. The van der Waals surface area contributed by atoms with Gasteiger partial charge in [0.05, 0.1) is 11.5 Å². The molecule has 0 saturated carbocycles. The van der Waals surface area contributed by atoms with Crippen molar-refractivity contribution < 1.29 is 19.4 Å². The Kier molecular flexibility index (Phi) is 3.82. The number of aliphatic hydroxyl groups excluding tert-OH is 1. The van der Waals surface area contributed by atoms with Crippen LogP contribution in [0.5, 0.6) is 11.5 Å². The lowest BCUT2D eigenvalue weighted by Gasteiger charge is -2.35. The zero-order valence-electron chi connectivity index (χ0n) is 14.4. The quantitative estimate of drug-likeness (QED) is 0.278. The van der Waals surface area contributed by atoms with Crippen LogP contribution in [0.2, 0.25) is 0 Å². The van der Waals surface area contributed by atoms with Gasteiger partial charge in [0.1, 0.15) is 6.10 Å². The highest BCUT2D eigenvalue weighted by Gasteiger charge is 2.52. The van der Waals surface area contributed by atoms with Gasteiger partial charge in [0.15, 0.2) is 11.5 Å². The van der Waals surface area contributed by atoms with Crippen molar-refractivity contribution >= 4 is 5.97 Å². The normalized spacial score (nSPS) is 29.6. The number of ether oxygens (including phenoxy) is 2. The summed E-state index contributed by atoms with van der Waals surface area (Å²) in [5.74, 6) is 5.40. The third-order valence-corrected chi connectivity index (χ3v) is 5.36. The molecule has 2 heterocycles. The number of aliphatic hydroxyl groups is 1. The predicted molar refractivity (Wildman–Crippen MR) is 92.3 cm³/mol. The molecule has 130 valence electrons. The molecule has 5 nitrogen and oxygen atoms in total. The smallest absolute Gasteiger partial charge is 0.389 e. The second-order valence-corrected chi connectivity index (χ2v) is 6.99. The van der Waals surface area contributed by atoms with Gasteiger partial charge in [-0.3, -0.25) is 0 Å². The molecule has 1 aliphatic carbocycles. The first-order valence-electron chi connectivity index (χ1n) is 8.57. The summed E-state index contributed by atoms with van der Waals surface area (Å²) in [5, 5.41) is 10.1. The van der Waals surface area contributed by atoms with E-state index in [9.17, 15) is 9.90 Å². The summed E-state index contributed by atoms with van der Waals surface area (Å²) < 4.78 is 11.7. The Labute approximate surface area is 147 Å². The van der Waals surface area contributed by atoms with Crippen molar-refractivity contribution in [1.29, 1.82) is 0 Å². The highest BCUT2D eigenvalue weighted by Crippen LogP contribution is 2.55. The van der Waals surface area contributed by atoms with Gasteiger partial charge in [0.2, 0.25) is 0 Å². The Morgan fingerprint density at radius 2 is 2.32 bits per heavy atom. The third-order valence-electron chi connectivity index (χ3n) is 5.36. The average Bonchev–Trinajstić information content (AvgIpc) is 2.83. The predicted octanol–water partition coefficient (Wildman–Crippen LogP) is 1.77. The van der Waals surface area contributed by atoms with Gasteiger partial charge in [-0.15, -0.1) is 0 Å². The number of hydrogen-bond acceptors (Lipinski definition) is 5. The molecule has 1 spiro atoms. The molecule has 0 unspecified atom stereocenters. The van der Waals surface area contributed by atoms with E-state index in [0.717, 1.165) is 25.1 Å². The maximum Gasteiger partial charge on any atom is 0.389 e. The number of esters is 1. The third kappa shape index (κ3) is 2.53. The van der Waals surface area contributed by atoms with Crippen molar-refractivity contribution in [3.63, 3.8) is 0 Å². The zero-order chi connectivity index (χ0) is 17.6. The largest absolute Gasteiger partial charge is 0.485 e. The molecule has 0 aromatic heterocycles. The summed E-state index contributed by atoms with van der Waals surface area (Å²) in [6.07, 6.45) is 4.75. The SMILES string of the molecule is CC#CC(=O)Oc1ccc2c3c1O[C@H]1C[C@@H](O)C=C[C@@]31CCN(C)C2. The zero-order valence-corrected chi connectivity index (χ0v) is 14.4. The first kappa shape index (κ1) is 16.2. The lowest BCUT2D eigenvalue weighted by atomic mass is 9.69. The Bertz CT molecular complexity index is 819. The second-order valence-electron chi connectivity index (χ2n) is 6.99. The van der Waals surface area contributed by atoms with Crippen molar-refractivity contribution in [2.24, 2.45) is 0 Å². The summed E-state index contributed by atoms with van der Waals surface area (Å²) in [6, 6.07) is 3.79. The first-order chi connectivity index (χ1) is 12.0. The van der Waals surface area contributed by atoms with Crippen LogP contribution < -0.4 is 9.47 Å². The molecule has 25 heavy (non-hydrogen) atoms. The van der Waals surface area contributed by atoms with Crippen molar-refractivity contribution in [1.82, 2.24) is 4.90 Å². The fourth-order valence-corrected chi connectivity index (χ4v) is 4.22. The molecule has 1 aromatic carbocycles. The number of rotatable bonds is 1. The fraction of sp³-hybridized carbons (Fsp3) is 0.450. The molecule has 2 aliphatic heterocycles. The van der Waals surface area contributed by atoms with Crippen molar-refractivity contribution in [2.75, 3.05) is 13.6 Å². The molecule has 5 heteroatoms. The summed E-state index contributed by atoms with van der Waals surface area (Å²) in [4.78, 5) is 14.1. The van der Waals surface area contributed by atoms with Gasteiger partial charge in [-0.2, -0.15) is 0 Å². The molecule has 0 bridgehead atoms. The highest BCUT2D eigenvalue weighted by molar-refractivity contribution is 5.90. The number of hydrogen-bond donors (Lipinski definition) is 1. The van der Waals surface area contributed by atoms with Crippen LogP contribution in [-0.4, -0.2) is 41.8 Å². The van der Waals surface area contributed by atoms with Gasteiger partial charge >= 0.3 is 5.97 Å². The van der Waals surface area contributed by atoms with E-state index in [4.69, 9.17) is 9.47 Å². The van der Waals surface area contributed by atoms with Crippen LogP contribution in [0.1, 0.15) is 30.9 Å². The minimum Gasteiger partial charge on any atom is -0.485 e. The van der Waals surface area contributed by atoms with Crippen LogP contribution in [0.15, 0.2) is 24.3 Å². The molecule has 0 saturated heterocycles. The van der Waals surface area contributed by atoms with E-state index in [1.54, 1.807) is 13.0 Å². The van der Waals surface area contributed by atoms with Crippen LogP contribution in [-0.2, 0) is 16.8 Å². The van der Waals surface area contributed by atoms with Crippen LogP contribution in [0.25, 0.3) is 0 Å². The van der Waals surface area contributed by atoms with Crippen molar-refractivity contribution in [3.05, 3.63) is 35.4 Å². The fourth-order valence-electron chi connectivity index (χ4n) is 4.22. The first-order valence-corrected chi connectivity index (χ1v) is 8.57. The van der Waals surface area contributed by atoms with E-state index in [1.807, 2.05) is 12.1 Å². The number of nitrogens with zero attached hydrogens (tertiary/aromatic N) is 1. The van der Waals surface area contributed by atoms with Crippen molar-refractivity contribution in [3.8, 4) is 23.3 Å². The van der Waals surface area contributed by atoms with E-state index in [-0.39, 0.29) is 11.5 Å². The maximum absolute atomic E-state index is 11.8. The molecule has 3 aliphatic rings. The van der Waals surface area contributed by atoms with Crippen LogP contribution >= 0.6 is 0 Å². The molecule has 3 atom stereocenters. The van der Waals surface area contributed by atoms with Crippen LogP contribution in [0.4, 0.5) is 0 Å². The molecule has 0 radical (unpaired) electrons. The molecule has 1 N–H and O–H groups in total. The Morgan fingerprint density at radius 1 is 1.48 bits per heavy atom. The number of benzene rings is 1. The van der Waals surface area contributed by atoms with E-state index in [1.165, 1.54) is 5.56 Å². The van der Waals surface area contributed by atoms with Gasteiger partial charge in [-0.05, 0) is 38.6 Å². The minimum absolute atomic E-state index is 0.148. The monoisotopic (exact) mass is 339 g/mol. The molecule has 4 rings (SSSR count). The van der Waals surface area contributed by atoms with Gasteiger partial charge in [-0.25, -0.2) is 4.79 Å². The topological polar surface area (TPSA) is 59.0 Å². The average molecular weight is 339 g/mol. The molecule has 1 aromatic rings. The Hall–Kier alpha value is -2.29. The van der Waals surface area contributed by atoms with E-state index >= 15 is 0 Å². The van der Waals surface area contributed by atoms with Gasteiger partial charge < -0.3 is 19.5 Å². The Balaban J connectivity index is 1.85. The molecular formula is C20H21NO4. The summed E-state index contributed by atoms with van der Waals surface area (Å²) >= 11 is 0. The minimum atomic E-state index is -0.590. The lowest BCUT2D eigenvalue weighted by molar-refractivity contribution is -0.128. The van der Waals surface area contributed by atoms with E-state index in [2.05, 4.69) is 29.9 Å². The summed E-state index contributed by atoms with van der Waals surface area (Å²) in [6.45, 7) is 3.35. The second kappa shape index (κ2) is 5.91. The number of carbonyl (C=O) groups excluding carboxylic acids is 1. The van der Waals surface area contributed by atoms with Crippen LogP contribution in [0.3, 0.4) is 0 Å². The molecule has 0 fully saturated rings. The van der Waals surface area contributed by atoms with E-state index in [0.29, 0.717) is 17.9 Å². The van der Waals surface area contributed by atoms with E-state index < -0.39 is 12.1 Å². The summed E-state index contributed by atoms with van der Waals surface area (Å²) in [5.41, 5.74) is 2.01.